The number of nitrogens with one attached hydrogen (secondary N) is 2. The van der Waals surface area contributed by atoms with Crippen molar-refractivity contribution in [3.8, 4) is 0 Å². The summed E-state index contributed by atoms with van der Waals surface area (Å²) in [5.41, 5.74) is 0. The lowest BCUT2D eigenvalue weighted by molar-refractivity contribution is 0.177. The fourth-order valence-electron chi connectivity index (χ4n) is 2.94. The molecule has 0 aliphatic carbocycles. The summed E-state index contributed by atoms with van der Waals surface area (Å²) < 4.78 is 7.10. The molecule has 0 fully saturated rings. The van der Waals surface area contributed by atoms with Gasteiger partial charge in [-0.25, -0.2) is 9.67 Å². The second-order valence-corrected chi connectivity index (χ2v) is 6.83. The molecule has 1 aliphatic rings. The summed E-state index contributed by atoms with van der Waals surface area (Å²) in [5, 5.41) is 11.4. The van der Waals surface area contributed by atoms with Crippen molar-refractivity contribution in [2.75, 3.05) is 20.7 Å². The third kappa shape index (κ3) is 7.47. The molecule has 1 atom stereocenters. The number of aryl methyl sites for hydroxylation is 1. The summed E-state index contributed by atoms with van der Waals surface area (Å²) >= 11 is 0. The quantitative estimate of drug-likeness (QED) is 0.267. The monoisotopic (exact) mass is 464 g/mol. The maximum absolute atomic E-state index is 5.11. The van der Waals surface area contributed by atoms with Crippen molar-refractivity contribution < 1.29 is 4.74 Å². The predicted molar refractivity (Wildman–Crippen MR) is 111 cm³/mol. The highest BCUT2D eigenvalue weighted by Crippen LogP contribution is 2.13. The van der Waals surface area contributed by atoms with Crippen molar-refractivity contribution in [3.05, 3.63) is 11.6 Å². The van der Waals surface area contributed by atoms with Gasteiger partial charge in [0.15, 0.2) is 11.8 Å². The minimum atomic E-state index is 0. The second kappa shape index (κ2) is 11.7. The van der Waals surface area contributed by atoms with Gasteiger partial charge in [-0.05, 0) is 18.8 Å². The number of fused-ring (bicyclic) bond motifs is 1. The molecule has 7 nitrogen and oxygen atoms in total. The first-order valence-electron chi connectivity index (χ1n) is 9.01. The lowest BCUT2D eigenvalue weighted by Gasteiger charge is -2.25. The molecule has 1 unspecified atom stereocenters. The lowest BCUT2D eigenvalue weighted by Crippen LogP contribution is -2.47. The number of aromatic nitrogens is 3. The molecule has 1 aromatic rings. The van der Waals surface area contributed by atoms with Gasteiger partial charge in [0.25, 0.3) is 0 Å². The van der Waals surface area contributed by atoms with Crippen LogP contribution in [0, 0.1) is 5.92 Å². The standard InChI is InChI=1S/C17H32N6O.HI/c1-13(2)7-5-6-10-19-17(18-3)20-14-8-9-16-21-15(12-24-4)22-23(16)11-14;/h13-14H,5-12H2,1-4H3,(H2,18,19,20);1H. The summed E-state index contributed by atoms with van der Waals surface area (Å²) in [6.45, 7) is 6.80. The van der Waals surface area contributed by atoms with Crippen LogP contribution in [0.3, 0.4) is 0 Å². The molecule has 25 heavy (non-hydrogen) atoms. The van der Waals surface area contributed by atoms with Crippen LogP contribution < -0.4 is 10.6 Å². The number of rotatable bonds is 8. The normalized spacial score (nSPS) is 17.2. The predicted octanol–water partition coefficient (Wildman–Crippen LogP) is 2.35. The maximum atomic E-state index is 5.11. The topological polar surface area (TPSA) is 76.4 Å². The molecular formula is C17H33IN6O. The maximum Gasteiger partial charge on any atom is 0.191 e. The Balaban J connectivity index is 0.00000312. The van der Waals surface area contributed by atoms with Crippen molar-refractivity contribution in [1.82, 2.24) is 25.4 Å². The minimum Gasteiger partial charge on any atom is -0.377 e. The number of ether oxygens (including phenoxy) is 1. The molecule has 0 radical (unpaired) electrons. The van der Waals surface area contributed by atoms with Crippen molar-refractivity contribution in [1.29, 1.82) is 0 Å². The number of aliphatic imine (C=N–C) groups is 1. The third-order valence-corrected chi connectivity index (χ3v) is 4.24. The number of methoxy groups -OCH3 is 1. The van der Waals surface area contributed by atoms with Gasteiger partial charge in [-0.2, -0.15) is 5.10 Å². The Bertz CT molecular complexity index is 531. The Morgan fingerprint density at radius 2 is 2.20 bits per heavy atom. The molecule has 0 bridgehead atoms. The first-order valence-corrected chi connectivity index (χ1v) is 9.01. The highest BCUT2D eigenvalue weighted by molar-refractivity contribution is 14.0. The van der Waals surface area contributed by atoms with Crippen LogP contribution in [0.5, 0.6) is 0 Å². The number of nitrogens with zero attached hydrogens (tertiary/aromatic N) is 4. The van der Waals surface area contributed by atoms with Crippen LogP contribution >= 0.6 is 24.0 Å². The van der Waals surface area contributed by atoms with E-state index in [-0.39, 0.29) is 24.0 Å². The van der Waals surface area contributed by atoms with E-state index in [1.165, 1.54) is 19.3 Å². The lowest BCUT2D eigenvalue weighted by atomic mass is 10.1. The van der Waals surface area contributed by atoms with E-state index in [4.69, 9.17) is 4.74 Å². The van der Waals surface area contributed by atoms with Crippen molar-refractivity contribution in [3.63, 3.8) is 0 Å². The van der Waals surface area contributed by atoms with Crippen LogP contribution in [0.2, 0.25) is 0 Å². The van der Waals surface area contributed by atoms with E-state index in [2.05, 4.69) is 39.6 Å². The summed E-state index contributed by atoms with van der Waals surface area (Å²) in [4.78, 5) is 8.85. The zero-order valence-corrected chi connectivity index (χ0v) is 18.2. The van der Waals surface area contributed by atoms with E-state index in [9.17, 15) is 0 Å². The van der Waals surface area contributed by atoms with E-state index >= 15 is 0 Å². The van der Waals surface area contributed by atoms with Crippen LogP contribution in [0.15, 0.2) is 4.99 Å². The third-order valence-electron chi connectivity index (χ3n) is 4.24. The molecule has 0 aromatic carbocycles. The molecule has 8 heteroatoms. The SMILES string of the molecule is CN=C(NCCCCC(C)C)NC1CCc2nc(COC)nn2C1.I. The number of hydrogen-bond acceptors (Lipinski definition) is 4. The molecule has 2 heterocycles. The van der Waals surface area contributed by atoms with E-state index in [0.717, 1.165) is 49.5 Å². The molecule has 1 aromatic heterocycles. The van der Waals surface area contributed by atoms with Gasteiger partial charge in [-0.3, -0.25) is 4.99 Å². The van der Waals surface area contributed by atoms with Crippen LogP contribution in [0.25, 0.3) is 0 Å². The van der Waals surface area contributed by atoms with Crippen molar-refractivity contribution in [2.24, 2.45) is 10.9 Å². The molecule has 144 valence electrons. The summed E-state index contributed by atoms with van der Waals surface area (Å²) in [7, 11) is 3.49. The van der Waals surface area contributed by atoms with Crippen LogP contribution in [-0.4, -0.2) is 47.5 Å². The van der Waals surface area contributed by atoms with Gasteiger partial charge in [0.2, 0.25) is 0 Å². The van der Waals surface area contributed by atoms with Crippen LogP contribution in [0.4, 0.5) is 0 Å². The summed E-state index contributed by atoms with van der Waals surface area (Å²) in [5.74, 6) is 3.48. The van der Waals surface area contributed by atoms with Crippen molar-refractivity contribution in [2.45, 2.75) is 65.1 Å². The highest BCUT2D eigenvalue weighted by atomic mass is 127. The van der Waals surface area contributed by atoms with Gasteiger partial charge in [0.05, 0.1) is 6.54 Å². The van der Waals surface area contributed by atoms with Gasteiger partial charge in [0.1, 0.15) is 12.4 Å². The highest BCUT2D eigenvalue weighted by Gasteiger charge is 2.22. The second-order valence-electron chi connectivity index (χ2n) is 6.83. The molecule has 0 saturated heterocycles. The number of hydrogen-bond donors (Lipinski definition) is 2. The Morgan fingerprint density at radius 3 is 2.88 bits per heavy atom. The summed E-state index contributed by atoms with van der Waals surface area (Å²) in [6.07, 6.45) is 5.70. The molecular weight excluding hydrogens is 431 g/mol. The molecule has 2 N–H and O–H groups in total. The molecule has 2 rings (SSSR count). The molecule has 1 aliphatic heterocycles. The number of halogens is 1. The largest absolute Gasteiger partial charge is 0.377 e. The zero-order valence-electron chi connectivity index (χ0n) is 15.9. The van der Waals surface area contributed by atoms with Gasteiger partial charge >= 0.3 is 0 Å². The Hall–Kier alpha value is -0.900. The molecule has 0 saturated carbocycles. The fraction of sp³-hybridized carbons (Fsp3) is 0.824. The average Bonchev–Trinajstić information content (AvgIpc) is 2.95. The van der Waals surface area contributed by atoms with Gasteiger partial charge in [0, 0.05) is 33.2 Å². The zero-order chi connectivity index (χ0) is 17.4. The average molecular weight is 464 g/mol. The first kappa shape index (κ1) is 22.1. The Kier molecular flexibility index (Phi) is 10.3. The summed E-state index contributed by atoms with van der Waals surface area (Å²) in [6, 6.07) is 0.330. The van der Waals surface area contributed by atoms with Crippen molar-refractivity contribution >= 4 is 29.9 Å². The molecule has 0 spiro atoms. The van der Waals surface area contributed by atoms with Gasteiger partial charge in [-0.1, -0.05) is 26.7 Å². The van der Waals surface area contributed by atoms with Crippen LogP contribution in [0.1, 0.15) is 51.2 Å². The first-order chi connectivity index (χ1) is 11.6. The van der Waals surface area contributed by atoms with Crippen LogP contribution in [-0.2, 0) is 24.3 Å². The number of guanidine groups is 1. The number of unbranched alkanes of at least 4 members (excludes halogenated alkanes) is 1. The van der Waals surface area contributed by atoms with E-state index in [1.54, 1.807) is 7.11 Å². The van der Waals surface area contributed by atoms with E-state index in [0.29, 0.717) is 12.6 Å². The fourth-order valence-corrected chi connectivity index (χ4v) is 2.94. The van der Waals surface area contributed by atoms with Gasteiger partial charge in [-0.15, -0.1) is 24.0 Å². The van der Waals surface area contributed by atoms with E-state index in [1.807, 2.05) is 11.7 Å². The Labute approximate surface area is 168 Å². The minimum absolute atomic E-state index is 0. The Morgan fingerprint density at radius 1 is 1.40 bits per heavy atom. The van der Waals surface area contributed by atoms with Gasteiger partial charge < -0.3 is 15.4 Å². The molecule has 0 amide bonds. The van der Waals surface area contributed by atoms with E-state index < -0.39 is 0 Å². The smallest absolute Gasteiger partial charge is 0.191 e.